The van der Waals surface area contributed by atoms with Crippen molar-refractivity contribution in [2.24, 2.45) is 0 Å². The van der Waals surface area contributed by atoms with Gasteiger partial charge in [-0.25, -0.2) is 0 Å². The van der Waals surface area contributed by atoms with Gasteiger partial charge in [-0.15, -0.1) is 0 Å². The summed E-state index contributed by atoms with van der Waals surface area (Å²) < 4.78 is 21.8. The molecule has 2 aliphatic rings. The highest BCUT2D eigenvalue weighted by Crippen LogP contribution is 2.40. The maximum atomic E-state index is 13.9. The van der Waals surface area contributed by atoms with E-state index >= 15 is 0 Å². The number of hydrogen-bond donors (Lipinski definition) is 0. The number of amides is 1. The summed E-state index contributed by atoms with van der Waals surface area (Å²) >= 11 is 0. The number of benzene rings is 3. The summed E-state index contributed by atoms with van der Waals surface area (Å²) in [5.41, 5.74) is 2.26. The van der Waals surface area contributed by atoms with Gasteiger partial charge in [-0.3, -0.25) is 14.5 Å². The minimum atomic E-state index is -0.466. The zero-order valence-electron chi connectivity index (χ0n) is 22.4. The first-order valence-corrected chi connectivity index (χ1v) is 12.8. The topological polar surface area (TPSA) is 77.5 Å². The Morgan fingerprint density at radius 3 is 2.23 bits per heavy atom. The third-order valence-corrected chi connectivity index (χ3v) is 7.39. The van der Waals surface area contributed by atoms with Crippen LogP contribution >= 0.6 is 0 Å². The van der Waals surface area contributed by atoms with Crippen LogP contribution in [-0.2, 0) is 11.3 Å². The van der Waals surface area contributed by atoms with Gasteiger partial charge in [0.05, 0.1) is 40.1 Å². The first-order chi connectivity index (χ1) is 19.0. The molecule has 39 heavy (non-hydrogen) atoms. The van der Waals surface area contributed by atoms with Crippen molar-refractivity contribution < 1.29 is 28.5 Å². The van der Waals surface area contributed by atoms with Gasteiger partial charge >= 0.3 is 0 Å². The molecule has 1 amide bonds. The van der Waals surface area contributed by atoms with E-state index in [1.807, 2.05) is 41.3 Å². The first-order valence-electron chi connectivity index (χ1n) is 12.8. The highest BCUT2D eigenvalue weighted by Gasteiger charge is 2.54. The number of allylic oxidation sites excluding steroid dienone is 1. The Morgan fingerprint density at radius 2 is 1.56 bits per heavy atom. The summed E-state index contributed by atoms with van der Waals surface area (Å²) in [5, 5.41) is 0. The maximum absolute atomic E-state index is 13.9. The van der Waals surface area contributed by atoms with Gasteiger partial charge in [0, 0.05) is 25.2 Å². The second kappa shape index (κ2) is 11.3. The van der Waals surface area contributed by atoms with Crippen LogP contribution in [0.25, 0.3) is 6.08 Å². The minimum absolute atomic E-state index is 0.0785. The number of hydrogen-bond acceptors (Lipinski definition) is 7. The Balaban J connectivity index is 1.39. The highest BCUT2D eigenvalue weighted by molar-refractivity contribution is 6.10. The lowest BCUT2D eigenvalue weighted by molar-refractivity contribution is -0.176. The Hall–Kier alpha value is -4.14. The fourth-order valence-electron chi connectivity index (χ4n) is 5.28. The van der Waals surface area contributed by atoms with E-state index in [-0.39, 0.29) is 11.7 Å². The van der Waals surface area contributed by atoms with E-state index in [2.05, 4.69) is 17.0 Å². The van der Waals surface area contributed by atoms with Gasteiger partial charge in [0.25, 0.3) is 5.91 Å². The number of methoxy groups -OCH3 is 3. The summed E-state index contributed by atoms with van der Waals surface area (Å²) in [6, 6.07) is 20.9. The number of carbonyl (C=O) groups excluding carboxylic acids is 2. The van der Waals surface area contributed by atoms with Gasteiger partial charge in [-0.1, -0.05) is 54.6 Å². The smallest absolute Gasteiger partial charge is 0.256 e. The number of ketones is 1. The van der Waals surface area contributed by atoms with E-state index in [1.54, 1.807) is 24.3 Å². The van der Waals surface area contributed by atoms with Crippen LogP contribution in [0.1, 0.15) is 31.8 Å². The Morgan fingerprint density at radius 1 is 0.846 bits per heavy atom. The van der Waals surface area contributed by atoms with Crippen LogP contribution in [0.4, 0.5) is 0 Å². The van der Waals surface area contributed by atoms with Gasteiger partial charge in [0.2, 0.25) is 5.75 Å². The van der Waals surface area contributed by atoms with Crippen molar-refractivity contribution in [3.8, 4) is 17.2 Å². The number of nitrogens with zero attached hydrogens (tertiary/aromatic N) is 2. The van der Waals surface area contributed by atoms with Gasteiger partial charge in [0.15, 0.2) is 17.3 Å². The molecule has 8 heteroatoms. The van der Waals surface area contributed by atoms with E-state index < -0.39 is 5.66 Å². The van der Waals surface area contributed by atoms with Crippen LogP contribution in [0.15, 0.2) is 72.8 Å². The fraction of sp³-hybridized carbons (Fsp3) is 0.290. The number of ether oxygens (including phenoxy) is 4. The molecule has 0 atom stereocenters. The van der Waals surface area contributed by atoms with Gasteiger partial charge in [0.1, 0.15) is 5.66 Å². The first kappa shape index (κ1) is 26.5. The average Bonchev–Trinajstić information content (AvgIpc) is 3.34. The summed E-state index contributed by atoms with van der Waals surface area (Å²) in [5.74, 6) is 0.737. The number of rotatable bonds is 9. The van der Waals surface area contributed by atoms with Crippen LogP contribution < -0.4 is 14.2 Å². The maximum Gasteiger partial charge on any atom is 0.256 e. The molecule has 8 nitrogen and oxygen atoms in total. The minimum Gasteiger partial charge on any atom is -0.493 e. The summed E-state index contributed by atoms with van der Waals surface area (Å²) in [7, 11) is 4.49. The molecule has 0 aliphatic carbocycles. The van der Waals surface area contributed by atoms with Crippen LogP contribution in [0.5, 0.6) is 17.2 Å². The largest absolute Gasteiger partial charge is 0.493 e. The molecule has 3 aromatic rings. The zero-order valence-corrected chi connectivity index (χ0v) is 22.4. The van der Waals surface area contributed by atoms with Crippen molar-refractivity contribution in [2.45, 2.75) is 12.2 Å². The summed E-state index contributed by atoms with van der Waals surface area (Å²) in [6.07, 6.45) is 3.12. The van der Waals surface area contributed by atoms with E-state index in [9.17, 15) is 9.59 Å². The molecule has 2 saturated heterocycles. The third kappa shape index (κ3) is 4.89. The quantitative estimate of drug-likeness (QED) is 0.303. The molecule has 3 aromatic carbocycles. The van der Waals surface area contributed by atoms with Crippen LogP contribution in [0, 0.1) is 0 Å². The predicted octanol–water partition coefficient (Wildman–Crippen LogP) is 4.29. The lowest BCUT2D eigenvalue weighted by atomic mass is 10.0. The molecule has 2 fully saturated rings. The fourth-order valence-corrected chi connectivity index (χ4v) is 5.28. The molecule has 0 unspecified atom stereocenters. The van der Waals surface area contributed by atoms with Crippen LogP contribution in [0.2, 0.25) is 0 Å². The van der Waals surface area contributed by atoms with Gasteiger partial charge in [-0.2, -0.15) is 0 Å². The lowest BCUT2D eigenvalue weighted by Crippen LogP contribution is -2.67. The van der Waals surface area contributed by atoms with E-state index in [0.717, 1.165) is 13.1 Å². The zero-order chi connectivity index (χ0) is 27.4. The normalized spacial score (nSPS) is 16.3. The van der Waals surface area contributed by atoms with Crippen molar-refractivity contribution in [2.75, 3.05) is 47.6 Å². The third-order valence-electron chi connectivity index (χ3n) is 7.39. The Bertz CT molecular complexity index is 1380. The van der Waals surface area contributed by atoms with E-state index in [0.29, 0.717) is 53.7 Å². The van der Waals surface area contributed by atoms with Gasteiger partial charge in [-0.05, 0) is 35.4 Å². The molecular formula is C31H32N2O6. The van der Waals surface area contributed by atoms with Gasteiger partial charge < -0.3 is 23.8 Å². The monoisotopic (exact) mass is 528 g/mol. The van der Waals surface area contributed by atoms with Crippen molar-refractivity contribution in [3.63, 3.8) is 0 Å². The molecule has 2 heterocycles. The standard InChI is InChI=1S/C31H32N2O6/c1-36-27-16-14-25(28(37-2)29(27)38-3)26(34)15-13-23-11-7-8-12-24(23)30(35)33-18-17-32(31(33)20-39-21-31)19-22-9-5-4-6-10-22/h4-16H,17-21H2,1-3H3/b15-13+. The lowest BCUT2D eigenvalue weighted by Gasteiger charge is -2.49. The number of carbonyl (C=O) groups is 2. The van der Waals surface area contributed by atoms with E-state index in [4.69, 9.17) is 18.9 Å². The van der Waals surface area contributed by atoms with Crippen molar-refractivity contribution >= 4 is 17.8 Å². The molecule has 0 bridgehead atoms. The molecule has 0 radical (unpaired) electrons. The highest BCUT2D eigenvalue weighted by atomic mass is 16.5. The van der Waals surface area contributed by atoms with Crippen LogP contribution in [0.3, 0.4) is 0 Å². The second-order valence-electron chi connectivity index (χ2n) is 9.51. The van der Waals surface area contributed by atoms with Crippen molar-refractivity contribution in [1.29, 1.82) is 0 Å². The van der Waals surface area contributed by atoms with E-state index in [1.165, 1.54) is 33.0 Å². The predicted molar refractivity (Wildman–Crippen MR) is 147 cm³/mol. The second-order valence-corrected chi connectivity index (χ2v) is 9.51. The Labute approximate surface area is 228 Å². The van der Waals surface area contributed by atoms with Crippen molar-refractivity contribution in [1.82, 2.24) is 9.80 Å². The molecule has 1 spiro atoms. The molecule has 0 saturated carbocycles. The summed E-state index contributed by atoms with van der Waals surface area (Å²) in [6.45, 7) is 3.06. The molecule has 0 N–H and O–H groups in total. The average molecular weight is 529 g/mol. The van der Waals surface area contributed by atoms with Crippen LogP contribution in [-0.4, -0.2) is 74.8 Å². The molecular weight excluding hydrogens is 496 g/mol. The van der Waals surface area contributed by atoms with Crippen molar-refractivity contribution in [3.05, 3.63) is 95.1 Å². The summed E-state index contributed by atoms with van der Waals surface area (Å²) in [4.78, 5) is 31.4. The molecule has 0 aromatic heterocycles. The molecule has 2 aliphatic heterocycles. The Kier molecular flexibility index (Phi) is 7.67. The molecule has 202 valence electrons. The molecule has 5 rings (SSSR count). The SMILES string of the molecule is COc1ccc(C(=O)/C=C/c2ccccc2C(=O)N2CCN(Cc3ccccc3)C23COC3)c(OC)c1OC.